The van der Waals surface area contributed by atoms with Gasteiger partial charge >= 0.3 is 0 Å². The van der Waals surface area contributed by atoms with E-state index in [0.717, 1.165) is 28.4 Å². The summed E-state index contributed by atoms with van der Waals surface area (Å²) >= 11 is 3.62. The largest absolute Gasteiger partial charge is 0.384 e. The lowest BCUT2D eigenvalue weighted by molar-refractivity contribution is 0.221. The molecule has 22 heavy (non-hydrogen) atoms. The van der Waals surface area contributed by atoms with Gasteiger partial charge in [-0.1, -0.05) is 46.3 Å². The van der Waals surface area contributed by atoms with Crippen molar-refractivity contribution < 1.29 is 5.11 Å². The third-order valence-corrected chi connectivity index (χ3v) is 5.23. The zero-order valence-corrected chi connectivity index (χ0v) is 14.1. The van der Waals surface area contributed by atoms with Crippen LogP contribution in [0, 0.1) is 0 Å². The number of aryl methyl sites for hydroxylation is 2. The average molecular weight is 356 g/mol. The molecule has 0 saturated carbocycles. The Bertz CT molecular complexity index is 851. The van der Waals surface area contributed by atoms with Crippen LogP contribution in [0.3, 0.4) is 0 Å². The van der Waals surface area contributed by atoms with E-state index in [4.69, 9.17) is 0 Å². The molecule has 2 aromatic carbocycles. The molecule has 1 aromatic heterocycles. The summed E-state index contributed by atoms with van der Waals surface area (Å²) in [5.74, 6) is 0. The number of halogens is 1. The molecule has 0 amide bonds. The molecule has 1 atom stereocenters. The molecule has 0 aliphatic heterocycles. The van der Waals surface area contributed by atoms with E-state index in [-0.39, 0.29) is 0 Å². The van der Waals surface area contributed by atoms with Crippen LogP contribution >= 0.6 is 15.9 Å². The lowest BCUT2D eigenvalue weighted by atomic mass is 9.98. The average Bonchev–Trinajstić information content (AvgIpc) is 3.11. The van der Waals surface area contributed by atoms with Crippen LogP contribution in [0.25, 0.3) is 10.9 Å². The minimum absolute atomic E-state index is 0.602. The van der Waals surface area contributed by atoms with Gasteiger partial charge in [0.1, 0.15) is 6.10 Å². The molecule has 1 aliphatic rings. The van der Waals surface area contributed by atoms with Crippen LogP contribution in [-0.4, -0.2) is 9.67 Å². The Labute approximate surface area is 138 Å². The number of aliphatic hydroxyl groups excluding tert-OH is 1. The van der Waals surface area contributed by atoms with Crippen LogP contribution in [0.5, 0.6) is 0 Å². The monoisotopic (exact) mass is 355 g/mol. The van der Waals surface area contributed by atoms with Crippen LogP contribution in [-0.2, 0) is 19.9 Å². The van der Waals surface area contributed by atoms with Gasteiger partial charge < -0.3 is 9.67 Å². The van der Waals surface area contributed by atoms with Crippen molar-refractivity contribution in [3.63, 3.8) is 0 Å². The summed E-state index contributed by atoms with van der Waals surface area (Å²) in [6.07, 6.45) is 2.91. The Morgan fingerprint density at radius 2 is 1.91 bits per heavy atom. The smallest absolute Gasteiger partial charge is 0.106 e. The molecule has 4 rings (SSSR count). The van der Waals surface area contributed by atoms with Crippen molar-refractivity contribution in [2.24, 2.45) is 7.05 Å². The number of hydrogen-bond donors (Lipinski definition) is 1. The van der Waals surface area contributed by atoms with Crippen molar-refractivity contribution in [2.75, 3.05) is 0 Å². The van der Waals surface area contributed by atoms with E-state index in [1.165, 1.54) is 28.6 Å². The number of rotatable bonds is 2. The molecule has 1 unspecified atom stereocenters. The molecule has 0 radical (unpaired) electrons. The Hall–Kier alpha value is -1.58. The van der Waals surface area contributed by atoms with E-state index in [2.05, 4.69) is 39.7 Å². The SMILES string of the molecule is Cn1c2c(c3cc(Br)cc(C(O)c4ccccc4)c31)CCC2. The second-order valence-corrected chi connectivity index (χ2v) is 6.96. The number of aromatic nitrogens is 1. The molecule has 0 fully saturated rings. The van der Waals surface area contributed by atoms with Crippen molar-refractivity contribution in [2.45, 2.75) is 25.4 Å². The number of aliphatic hydroxyl groups is 1. The number of hydrogen-bond acceptors (Lipinski definition) is 1. The van der Waals surface area contributed by atoms with Gasteiger partial charge in [-0.2, -0.15) is 0 Å². The standard InChI is InChI=1S/C19H18BrNO/c1-21-17-9-5-8-14(17)15-10-13(20)11-16(18(15)21)19(22)12-6-3-2-4-7-12/h2-4,6-7,10-11,19,22H,5,8-9H2,1H3. The molecule has 2 nitrogen and oxygen atoms in total. The van der Waals surface area contributed by atoms with E-state index in [0.29, 0.717) is 0 Å². The molecule has 1 N–H and O–H groups in total. The topological polar surface area (TPSA) is 25.2 Å². The molecular formula is C19H18BrNO. The lowest BCUT2D eigenvalue weighted by Gasteiger charge is -2.15. The number of benzene rings is 2. The highest BCUT2D eigenvalue weighted by atomic mass is 79.9. The zero-order chi connectivity index (χ0) is 15.3. The zero-order valence-electron chi connectivity index (χ0n) is 12.5. The van der Waals surface area contributed by atoms with Gasteiger partial charge in [0.05, 0.1) is 5.52 Å². The quantitative estimate of drug-likeness (QED) is 0.718. The molecule has 1 heterocycles. The maximum Gasteiger partial charge on any atom is 0.106 e. The summed E-state index contributed by atoms with van der Waals surface area (Å²) in [7, 11) is 2.13. The predicted molar refractivity (Wildman–Crippen MR) is 93.1 cm³/mol. The van der Waals surface area contributed by atoms with Gasteiger partial charge in [-0.15, -0.1) is 0 Å². The van der Waals surface area contributed by atoms with Crippen LogP contribution < -0.4 is 0 Å². The minimum atomic E-state index is -0.602. The Balaban J connectivity index is 1.98. The number of nitrogens with zero attached hydrogens (tertiary/aromatic N) is 1. The van der Waals surface area contributed by atoms with Gasteiger partial charge in [0.15, 0.2) is 0 Å². The Morgan fingerprint density at radius 1 is 1.14 bits per heavy atom. The van der Waals surface area contributed by atoms with Gasteiger partial charge in [-0.3, -0.25) is 0 Å². The van der Waals surface area contributed by atoms with Crippen LogP contribution in [0.15, 0.2) is 46.9 Å². The van der Waals surface area contributed by atoms with Crippen molar-refractivity contribution in [3.8, 4) is 0 Å². The molecule has 0 bridgehead atoms. The Kier molecular flexibility index (Phi) is 3.35. The lowest BCUT2D eigenvalue weighted by Crippen LogP contribution is -2.04. The molecule has 0 saturated heterocycles. The molecule has 3 heteroatoms. The molecular weight excluding hydrogens is 338 g/mol. The second-order valence-electron chi connectivity index (χ2n) is 6.04. The highest BCUT2D eigenvalue weighted by molar-refractivity contribution is 9.10. The maximum absolute atomic E-state index is 10.9. The van der Waals surface area contributed by atoms with Crippen LogP contribution in [0.4, 0.5) is 0 Å². The van der Waals surface area contributed by atoms with Crippen molar-refractivity contribution in [3.05, 3.63) is 69.3 Å². The van der Waals surface area contributed by atoms with Gasteiger partial charge in [-0.05, 0) is 42.5 Å². The van der Waals surface area contributed by atoms with Gasteiger partial charge in [-0.25, -0.2) is 0 Å². The van der Waals surface area contributed by atoms with Crippen molar-refractivity contribution in [1.82, 2.24) is 4.57 Å². The second kappa shape index (κ2) is 5.25. The highest BCUT2D eigenvalue weighted by Gasteiger charge is 2.24. The minimum Gasteiger partial charge on any atom is -0.384 e. The third kappa shape index (κ3) is 2.03. The van der Waals surface area contributed by atoms with E-state index in [1.807, 2.05) is 30.3 Å². The van der Waals surface area contributed by atoms with Crippen LogP contribution in [0.1, 0.15) is 34.9 Å². The summed E-state index contributed by atoms with van der Waals surface area (Å²) in [6, 6.07) is 14.1. The fraction of sp³-hybridized carbons (Fsp3) is 0.263. The maximum atomic E-state index is 10.9. The summed E-state index contributed by atoms with van der Waals surface area (Å²) in [5, 5.41) is 12.2. The number of fused-ring (bicyclic) bond motifs is 3. The molecule has 1 aliphatic carbocycles. The summed E-state index contributed by atoms with van der Waals surface area (Å²) < 4.78 is 3.32. The predicted octanol–water partition coefficient (Wildman–Crippen LogP) is 4.51. The highest BCUT2D eigenvalue weighted by Crippen LogP contribution is 2.39. The first-order valence-corrected chi connectivity index (χ1v) is 8.48. The molecule has 112 valence electrons. The first-order chi connectivity index (χ1) is 10.7. The van der Waals surface area contributed by atoms with Gasteiger partial charge in [0, 0.05) is 28.2 Å². The first kappa shape index (κ1) is 14.0. The third-order valence-electron chi connectivity index (χ3n) is 4.77. The van der Waals surface area contributed by atoms with Crippen molar-refractivity contribution >= 4 is 26.8 Å². The first-order valence-electron chi connectivity index (χ1n) is 7.69. The molecule has 3 aromatic rings. The summed E-state index contributed by atoms with van der Waals surface area (Å²) in [4.78, 5) is 0. The van der Waals surface area contributed by atoms with E-state index < -0.39 is 6.10 Å². The van der Waals surface area contributed by atoms with Gasteiger partial charge in [0.25, 0.3) is 0 Å². The normalized spacial score (nSPS) is 15.2. The van der Waals surface area contributed by atoms with Crippen LogP contribution in [0.2, 0.25) is 0 Å². The summed E-state index contributed by atoms with van der Waals surface area (Å²) in [6.45, 7) is 0. The Morgan fingerprint density at radius 3 is 2.68 bits per heavy atom. The summed E-state index contributed by atoms with van der Waals surface area (Å²) in [5.41, 5.74) is 5.97. The fourth-order valence-electron chi connectivity index (χ4n) is 3.77. The molecule has 0 spiro atoms. The van der Waals surface area contributed by atoms with Gasteiger partial charge in [0.2, 0.25) is 0 Å². The van der Waals surface area contributed by atoms with E-state index in [9.17, 15) is 5.11 Å². The van der Waals surface area contributed by atoms with E-state index >= 15 is 0 Å². The fourth-order valence-corrected chi connectivity index (χ4v) is 4.25. The van der Waals surface area contributed by atoms with Crippen molar-refractivity contribution in [1.29, 1.82) is 0 Å². The van der Waals surface area contributed by atoms with E-state index in [1.54, 1.807) is 0 Å².